The fourth-order valence-corrected chi connectivity index (χ4v) is 2.01. The van der Waals surface area contributed by atoms with Gasteiger partial charge in [0, 0.05) is 22.9 Å². The highest BCUT2D eigenvalue weighted by atomic mass is 35.5. The highest BCUT2D eigenvalue weighted by molar-refractivity contribution is 6.31. The number of nitro groups is 1. The van der Waals surface area contributed by atoms with Crippen LogP contribution >= 0.6 is 11.6 Å². The second-order valence-electron chi connectivity index (χ2n) is 4.32. The van der Waals surface area contributed by atoms with E-state index < -0.39 is 16.4 Å². The van der Waals surface area contributed by atoms with Gasteiger partial charge in [0.2, 0.25) is 5.75 Å². The number of para-hydroxylation sites is 1. The molecule has 2 aromatic carbocycles. The molecule has 21 heavy (non-hydrogen) atoms. The quantitative estimate of drug-likeness (QED) is 0.513. The van der Waals surface area contributed by atoms with Crippen molar-refractivity contribution in [1.29, 1.82) is 0 Å². The molecule has 0 fully saturated rings. The minimum atomic E-state index is -0.732. The molecule has 0 saturated carbocycles. The van der Waals surface area contributed by atoms with Gasteiger partial charge in [0.05, 0.1) is 4.92 Å². The lowest BCUT2D eigenvalue weighted by Crippen LogP contribution is -1.92. The van der Waals surface area contributed by atoms with Crippen LogP contribution in [0.5, 0.6) is 11.5 Å². The van der Waals surface area contributed by atoms with Crippen LogP contribution in [0.25, 0.3) is 0 Å². The van der Waals surface area contributed by atoms with Crippen molar-refractivity contribution in [3.8, 4) is 11.5 Å². The van der Waals surface area contributed by atoms with E-state index in [1.165, 1.54) is 18.3 Å². The highest BCUT2D eigenvalue weighted by Gasteiger charge is 2.17. The zero-order chi connectivity index (χ0) is 15.6. The highest BCUT2D eigenvalue weighted by Crippen LogP contribution is 2.34. The van der Waals surface area contributed by atoms with Crippen LogP contribution in [0.2, 0.25) is 5.02 Å². The Bertz CT molecular complexity index is 724. The number of hydrogen-bond donors (Lipinski definition) is 2. The zero-order valence-corrected chi connectivity index (χ0v) is 11.7. The largest absolute Gasteiger partial charge is 0.506 e. The van der Waals surface area contributed by atoms with Gasteiger partial charge in [-0.15, -0.1) is 0 Å². The second-order valence-corrected chi connectivity index (χ2v) is 4.76. The second kappa shape index (κ2) is 5.80. The molecule has 0 unspecified atom stereocenters. The average molecular weight is 307 g/mol. The van der Waals surface area contributed by atoms with E-state index in [2.05, 4.69) is 4.99 Å². The third-order valence-electron chi connectivity index (χ3n) is 2.83. The summed E-state index contributed by atoms with van der Waals surface area (Å²) in [5.41, 5.74) is 0.636. The summed E-state index contributed by atoms with van der Waals surface area (Å²) in [5, 5.41) is 30.5. The number of phenolic OH excluding ortho intramolecular Hbond substituents is 2. The molecule has 2 aromatic rings. The Labute approximate surface area is 125 Å². The standard InChI is InChI=1S/C14H11ClN2O4/c1-8-3-2-4-12(18)13(8)16-7-9-5-10(15)6-11(14(9)19)17(20)21/h2-7,18-19H,1H3. The number of aromatic hydroxyl groups is 2. The van der Waals surface area contributed by atoms with Crippen LogP contribution in [0.4, 0.5) is 11.4 Å². The van der Waals surface area contributed by atoms with Crippen LogP contribution in [-0.2, 0) is 0 Å². The monoisotopic (exact) mass is 306 g/mol. The van der Waals surface area contributed by atoms with Gasteiger partial charge in [-0.2, -0.15) is 0 Å². The summed E-state index contributed by atoms with van der Waals surface area (Å²) in [5.74, 6) is -0.552. The summed E-state index contributed by atoms with van der Waals surface area (Å²) in [6, 6.07) is 7.31. The molecule has 0 bridgehead atoms. The van der Waals surface area contributed by atoms with Crippen molar-refractivity contribution in [2.75, 3.05) is 0 Å². The van der Waals surface area contributed by atoms with E-state index in [4.69, 9.17) is 11.6 Å². The molecule has 108 valence electrons. The number of rotatable bonds is 3. The summed E-state index contributed by atoms with van der Waals surface area (Å²) in [4.78, 5) is 14.1. The molecule has 6 nitrogen and oxygen atoms in total. The maximum atomic E-state index is 10.8. The summed E-state index contributed by atoms with van der Waals surface area (Å²) in [7, 11) is 0. The van der Waals surface area contributed by atoms with E-state index in [1.54, 1.807) is 19.1 Å². The molecule has 0 spiro atoms. The van der Waals surface area contributed by atoms with Crippen LogP contribution < -0.4 is 0 Å². The number of aryl methyl sites for hydroxylation is 1. The van der Waals surface area contributed by atoms with E-state index in [0.29, 0.717) is 5.69 Å². The number of nitro benzene ring substituents is 1. The Balaban J connectivity index is 2.49. The number of hydrogen-bond acceptors (Lipinski definition) is 5. The summed E-state index contributed by atoms with van der Waals surface area (Å²) in [6.45, 7) is 1.76. The van der Waals surface area contributed by atoms with E-state index in [1.807, 2.05) is 0 Å². The number of halogens is 1. The normalized spacial score (nSPS) is 11.0. The molecule has 0 radical (unpaired) electrons. The minimum absolute atomic E-state index is 0.0257. The molecule has 0 amide bonds. The Morgan fingerprint density at radius 1 is 1.33 bits per heavy atom. The van der Waals surface area contributed by atoms with Crippen molar-refractivity contribution in [2.24, 2.45) is 4.99 Å². The smallest absolute Gasteiger partial charge is 0.312 e. The van der Waals surface area contributed by atoms with E-state index >= 15 is 0 Å². The fourth-order valence-electron chi connectivity index (χ4n) is 1.79. The van der Waals surface area contributed by atoms with Crippen molar-refractivity contribution in [2.45, 2.75) is 6.92 Å². The summed E-state index contributed by atoms with van der Waals surface area (Å²) >= 11 is 5.78. The number of benzene rings is 2. The van der Waals surface area contributed by atoms with Gasteiger partial charge in [0.25, 0.3) is 0 Å². The van der Waals surface area contributed by atoms with Crippen LogP contribution in [0.1, 0.15) is 11.1 Å². The first-order valence-electron chi connectivity index (χ1n) is 5.89. The molecule has 0 aliphatic carbocycles. The van der Waals surface area contributed by atoms with E-state index in [0.717, 1.165) is 11.6 Å². The van der Waals surface area contributed by atoms with Crippen LogP contribution in [0.15, 0.2) is 35.3 Å². The van der Waals surface area contributed by atoms with Crippen molar-refractivity contribution in [1.82, 2.24) is 0 Å². The lowest BCUT2D eigenvalue weighted by molar-refractivity contribution is -0.385. The molecule has 0 saturated heterocycles. The Morgan fingerprint density at radius 3 is 2.67 bits per heavy atom. The first-order chi connectivity index (χ1) is 9.90. The third kappa shape index (κ3) is 3.11. The Hall–Kier alpha value is -2.60. The van der Waals surface area contributed by atoms with Crippen molar-refractivity contribution in [3.05, 3.63) is 56.6 Å². The van der Waals surface area contributed by atoms with Gasteiger partial charge in [0.1, 0.15) is 11.4 Å². The van der Waals surface area contributed by atoms with Crippen LogP contribution in [0.3, 0.4) is 0 Å². The molecule has 0 aromatic heterocycles. The number of phenols is 2. The molecule has 0 atom stereocenters. The van der Waals surface area contributed by atoms with Gasteiger partial charge in [-0.3, -0.25) is 15.1 Å². The molecule has 2 rings (SSSR count). The van der Waals surface area contributed by atoms with Crippen molar-refractivity contribution < 1.29 is 15.1 Å². The predicted molar refractivity (Wildman–Crippen MR) is 79.9 cm³/mol. The molecular formula is C14H11ClN2O4. The first-order valence-corrected chi connectivity index (χ1v) is 6.27. The molecule has 0 aliphatic rings. The maximum absolute atomic E-state index is 10.8. The average Bonchev–Trinajstić information content (AvgIpc) is 2.41. The third-order valence-corrected chi connectivity index (χ3v) is 3.05. The van der Waals surface area contributed by atoms with E-state index in [9.17, 15) is 20.3 Å². The Kier molecular flexibility index (Phi) is 4.09. The van der Waals surface area contributed by atoms with Crippen molar-refractivity contribution >= 4 is 29.2 Å². The minimum Gasteiger partial charge on any atom is -0.506 e. The Morgan fingerprint density at radius 2 is 2.05 bits per heavy atom. The molecule has 0 aliphatic heterocycles. The lowest BCUT2D eigenvalue weighted by Gasteiger charge is -2.04. The van der Waals surface area contributed by atoms with Gasteiger partial charge in [0.15, 0.2) is 0 Å². The zero-order valence-electron chi connectivity index (χ0n) is 10.9. The van der Waals surface area contributed by atoms with Gasteiger partial charge in [-0.1, -0.05) is 23.7 Å². The van der Waals surface area contributed by atoms with Crippen LogP contribution in [0, 0.1) is 17.0 Å². The molecular weight excluding hydrogens is 296 g/mol. The predicted octanol–water partition coefficient (Wildman–Crippen LogP) is 3.72. The summed E-state index contributed by atoms with van der Waals surface area (Å²) in [6.07, 6.45) is 1.22. The van der Waals surface area contributed by atoms with Gasteiger partial charge >= 0.3 is 5.69 Å². The van der Waals surface area contributed by atoms with Crippen LogP contribution in [-0.4, -0.2) is 21.4 Å². The fraction of sp³-hybridized carbons (Fsp3) is 0.0714. The van der Waals surface area contributed by atoms with Crippen molar-refractivity contribution in [3.63, 3.8) is 0 Å². The lowest BCUT2D eigenvalue weighted by atomic mass is 10.1. The maximum Gasteiger partial charge on any atom is 0.312 e. The molecule has 7 heteroatoms. The summed E-state index contributed by atoms with van der Waals surface area (Å²) < 4.78 is 0. The topological polar surface area (TPSA) is 96.0 Å². The van der Waals surface area contributed by atoms with Gasteiger partial charge in [-0.25, -0.2) is 0 Å². The first kappa shape index (κ1) is 14.8. The number of aliphatic imine (C=N–C) groups is 1. The molecule has 2 N–H and O–H groups in total. The molecule has 0 heterocycles. The van der Waals surface area contributed by atoms with E-state index in [-0.39, 0.29) is 16.3 Å². The van der Waals surface area contributed by atoms with Gasteiger partial charge < -0.3 is 10.2 Å². The van der Waals surface area contributed by atoms with Gasteiger partial charge in [-0.05, 0) is 24.6 Å². The SMILES string of the molecule is Cc1cccc(O)c1N=Cc1cc(Cl)cc([N+](=O)[O-])c1O. The number of nitrogens with zero attached hydrogens (tertiary/aromatic N) is 2.